The second-order valence-electron chi connectivity index (χ2n) is 7.90. The van der Waals surface area contributed by atoms with Gasteiger partial charge in [0.2, 0.25) is 0 Å². The Kier molecular flexibility index (Phi) is 4.63. The Morgan fingerprint density at radius 2 is 1.29 bits per heavy atom. The summed E-state index contributed by atoms with van der Waals surface area (Å²) < 4.78 is 8.82. The molecule has 8 aromatic rings. The van der Waals surface area contributed by atoms with Crippen molar-refractivity contribution < 1.29 is 4.42 Å². The van der Waals surface area contributed by atoms with E-state index in [1.54, 1.807) is 0 Å². The summed E-state index contributed by atoms with van der Waals surface area (Å²) in [6.07, 6.45) is 7.62. The maximum Gasteiger partial charge on any atom is 0.136 e. The lowest BCUT2D eigenvalue weighted by Crippen LogP contribution is -1.84. The summed E-state index contributed by atoms with van der Waals surface area (Å²) in [5.41, 5.74) is 5.22. The second kappa shape index (κ2) is 7.70. The fourth-order valence-electron chi connectivity index (χ4n) is 5.35. The van der Waals surface area contributed by atoms with Gasteiger partial charge in [0.1, 0.15) is 11.2 Å². The number of rotatable bonds is 0. The molecule has 0 atom stereocenters. The van der Waals surface area contributed by atoms with E-state index in [1.165, 1.54) is 43.2 Å². The third kappa shape index (κ3) is 2.48. The monoisotopic (exact) mass is 443 g/mol. The van der Waals surface area contributed by atoms with Crippen LogP contribution in [0.25, 0.3) is 70.8 Å². The van der Waals surface area contributed by atoms with Crippen molar-refractivity contribution in [1.29, 1.82) is 0 Å². The standard InChI is InChI=1S/C26H13N3O.2C2H6/c1-3-14-4-2-6-21-23(14)17(5-1)24-22(30-21)11-18-15-7-9-27-12-19(15)29-20-13-28-10-8-16(20)25(24)26(18)29;2*1-2/h1-13H;2*1-2H3. The van der Waals surface area contributed by atoms with Crippen LogP contribution in [-0.2, 0) is 0 Å². The van der Waals surface area contributed by atoms with Gasteiger partial charge in [0.15, 0.2) is 0 Å². The number of benzene rings is 3. The van der Waals surface area contributed by atoms with Gasteiger partial charge >= 0.3 is 0 Å². The van der Waals surface area contributed by atoms with E-state index in [-0.39, 0.29) is 0 Å². The number of fused-ring (bicyclic) bond motifs is 9. The number of pyridine rings is 2. The number of nitrogens with zero attached hydrogens (tertiary/aromatic N) is 3. The SMILES string of the molecule is CC.CC.c1cc2cccc3c2c(c1)oc1cc2c4ccncc4n4c5cnccc5c(c13)c24. The highest BCUT2D eigenvalue weighted by molar-refractivity contribution is 6.35. The topological polar surface area (TPSA) is 43.3 Å². The van der Waals surface area contributed by atoms with Gasteiger partial charge in [-0.25, -0.2) is 0 Å². The Balaban J connectivity index is 0.000000519. The molecule has 0 spiro atoms. The average molecular weight is 444 g/mol. The minimum absolute atomic E-state index is 0.907. The molecule has 0 aliphatic heterocycles. The summed E-state index contributed by atoms with van der Waals surface area (Å²) in [5.74, 6) is 0. The molecule has 5 aromatic heterocycles. The van der Waals surface area contributed by atoms with Crippen molar-refractivity contribution in [2.45, 2.75) is 27.7 Å². The first-order valence-electron chi connectivity index (χ1n) is 12.0. The Morgan fingerprint density at radius 3 is 2.06 bits per heavy atom. The molecule has 0 saturated heterocycles. The third-order valence-electron chi connectivity index (χ3n) is 6.48. The minimum atomic E-state index is 0.907. The van der Waals surface area contributed by atoms with Crippen LogP contribution in [0.5, 0.6) is 0 Å². The van der Waals surface area contributed by atoms with E-state index in [0.29, 0.717) is 0 Å². The van der Waals surface area contributed by atoms with E-state index >= 15 is 0 Å². The lowest BCUT2D eigenvalue weighted by molar-refractivity contribution is 0.663. The smallest absolute Gasteiger partial charge is 0.136 e. The van der Waals surface area contributed by atoms with Crippen LogP contribution < -0.4 is 0 Å². The lowest BCUT2D eigenvalue weighted by Gasteiger charge is -2.10. The molecule has 0 aliphatic carbocycles. The number of hydrogen-bond acceptors (Lipinski definition) is 3. The summed E-state index contributed by atoms with van der Waals surface area (Å²) >= 11 is 0. The predicted octanol–water partition coefficient (Wildman–Crippen LogP) is 8.73. The fraction of sp³-hybridized carbons (Fsp3) is 0.133. The lowest BCUT2D eigenvalue weighted by atomic mass is 9.97. The molecular weight excluding hydrogens is 418 g/mol. The third-order valence-corrected chi connectivity index (χ3v) is 6.48. The van der Waals surface area contributed by atoms with Gasteiger partial charge in [0.25, 0.3) is 0 Å². The average Bonchev–Trinajstić information content (AvgIpc) is 3.43. The first kappa shape index (κ1) is 20.4. The van der Waals surface area contributed by atoms with E-state index in [4.69, 9.17) is 4.42 Å². The van der Waals surface area contributed by atoms with Crippen molar-refractivity contribution >= 4 is 70.8 Å². The van der Waals surface area contributed by atoms with Crippen molar-refractivity contribution in [3.63, 3.8) is 0 Å². The molecular formula is C30H25N3O. The van der Waals surface area contributed by atoms with Gasteiger partial charge in [0, 0.05) is 44.7 Å². The van der Waals surface area contributed by atoms with Crippen LogP contribution >= 0.6 is 0 Å². The van der Waals surface area contributed by atoms with Crippen LogP contribution in [0.15, 0.2) is 83.8 Å². The Bertz CT molecular complexity index is 1950. The molecule has 0 amide bonds. The summed E-state index contributed by atoms with van der Waals surface area (Å²) in [7, 11) is 0. The Labute approximate surface area is 196 Å². The van der Waals surface area contributed by atoms with Crippen molar-refractivity contribution in [1.82, 2.24) is 14.4 Å². The van der Waals surface area contributed by atoms with Crippen LogP contribution in [0, 0.1) is 0 Å². The Morgan fingerprint density at radius 1 is 0.618 bits per heavy atom. The highest BCUT2D eigenvalue weighted by atomic mass is 16.3. The van der Waals surface area contributed by atoms with Crippen LogP contribution in [-0.4, -0.2) is 14.4 Å². The molecule has 0 N–H and O–H groups in total. The first-order chi connectivity index (χ1) is 16.9. The zero-order valence-electron chi connectivity index (χ0n) is 19.8. The molecule has 0 fully saturated rings. The molecule has 8 rings (SSSR count). The largest absolute Gasteiger partial charge is 0.456 e. The second-order valence-corrected chi connectivity index (χ2v) is 7.90. The zero-order valence-corrected chi connectivity index (χ0v) is 19.8. The molecule has 34 heavy (non-hydrogen) atoms. The predicted molar refractivity (Wildman–Crippen MR) is 144 cm³/mol. The molecule has 5 heterocycles. The molecule has 0 aliphatic rings. The highest BCUT2D eigenvalue weighted by Gasteiger charge is 2.22. The van der Waals surface area contributed by atoms with Crippen molar-refractivity contribution in [2.24, 2.45) is 0 Å². The molecule has 4 nitrogen and oxygen atoms in total. The molecule has 0 saturated carbocycles. The van der Waals surface area contributed by atoms with E-state index in [0.717, 1.165) is 27.6 Å². The quantitative estimate of drug-likeness (QED) is 0.174. The maximum absolute atomic E-state index is 6.52. The van der Waals surface area contributed by atoms with Crippen LogP contribution in [0.2, 0.25) is 0 Å². The molecule has 0 unspecified atom stereocenters. The minimum Gasteiger partial charge on any atom is -0.456 e. The summed E-state index contributed by atoms with van der Waals surface area (Å²) in [6.45, 7) is 8.00. The number of hydrogen-bond donors (Lipinski definition) is 0. The van der Waals surface area contributed by atoms with Gasteiger partial charge in [-0.2, -0.15) is 0 Å². The summed E-state index contributed by atoms with van der Waals surface area (Å²) in [5, 5.41) is 9.53. The summed E-state index contributed by atoms with van der Waals surface area (Å²) in [6, 6.07) is 19.2. The van der Waals surface area contributed by atoms with Gasteiger partial charge in [-0.1, -0.05) is 58.0 Å². The first-order valence-corrected chi connectivity index (χ1v) is 12.0. The molecule has 3 aromatic carbocycles. The summed E-state index contributed by atoms with van der Waals surface area (Å²) in [4.78, 5) is 8.83. The van der Waals surface area contributed by atoms with Gasteiger partial charge in [-0.15, -0.1) is 0 Å². The fourth-order valence-corrected chi connectivity index (χ4v) is 5.35. The van der Waals surface area contributed by atoms with Crippen LogP contribution in [0.4, 0.5) is 0 Å². The van der Waals surface area contributed by atoms with Crippen molar-refractivity contribution in [3.8, 4) is 0 Å². The van der Waals surface area contributed by atoms with E-state index < -0.39 is 0 Å². The van der Waals surface area contributed by atoms with Crippen molar-refractivity contribution in [3.05, 3.63) is 79.4 Å². The van der Waals surface area contributed by atoms with E-state index in [1.807, 2.05) is 52.5 Å². The van der Waals surface area contributed by atoms with Crippen LogP contribution in [0.3, 0.4) is 0 Å². The van der Waals surface area contributed by atoms with E-state index in [2.05, 4.69) is 69.0 Å². The molecule has 0 bridgehead atoms. The number of aromatic nitrogens is 3. The molecule has 0 radical (unpaired) electrons. The normalized spacial score (nSPS) is 11.5. The molecule has 4 heteroatoms. The Hall–Kier alpha value is -4.18. The van der Waals surface area contributed by atoms with Crippen LogP contribution in [0.1, 0.15) is 27.7 Å². The zero-order chi connectivity index (χ0) is 23.4. The van der Waals surface area contributed by atoms with Gasteiger partial charge < -0.3 is 8.82 Å². The van der Waals surface area contributed by atoms with Gasteiger partial charge in [0.05, 0.1) is 28.9 Å². The van der Waals surface area contributed by atoms with Crippen molar-refractivity contribution in [2.75, 3.05) is 0 Å². The van der Waals surface area contributed by atoms with E-state index in [9.17, 15) is 0 Å². The molecule has 166 valence electrons. The van der Waals surface area contributed by atoms with Gasteiger partial charge in [-0.05, 0) is 35.0 Å². The highest BCUT2D eigenvalue weighted by Crippen LogP contribution is 2.45. The maximum atomic E-state index is 6.52. The van der Waals surface area contributed by atoms with Gasteiger partial charge in [-0.3, -0.25) is 9.97 Å².